The molecule has 0 radical (unpaired) electrons. The molecule has 0 fully saturated rings. The van der Waals surface area contributed by atoms with Gasteiger partial charge in [0.05, 0.1) is 12.6 Å². The van der Waals surface area contributed by atoms with Crippen LogP contribution in [0.1, 0.15) is 0 Å². The van der Waals surface area contributed by atoms with Crippen molar-refractivity contribution in [1.29, 1.82) is 0 Å². The second kappa shape index (κ2) is 2.94. The summed E-state index contributed by atoms with van der Waals surface area (Å²) in [6.07, 6.45) is 0. The van der Waals surface area contributed by atoms with Gasteiger partial charge in [0.1, 0.15) is 0 Å². The van der Waals surface area contributed by atoms with E-state index in [1.54, 1.807) is 13.2 Å². The number of ether oxygens (including phenoxy) is 1. The van der Waals surface area contributed by atoms with Crippen molar-refractivity contribution < 1.29 is 4.74 Å². The van der Waals surface area contributed by atoms with Gasteiger partial charge >= 0.3 is 0 Å². The number of benzene rings is 1. The zero-order valence-corrected chi connectivity index (χ0v) is 7.32. The summed E-state index contributed by atoms with van der Waals surface area (Å²) in [6.45, 7) is 0. The fourth-order valence-electron chi connectivity index (χ4n) is 1.27. The molecular formula is C10H10N2O. The van der Waals surface area contributed by atoms with E-state index >= 15 is 0 Å². The molecule has 2 aromatic rings. The number of pyridine rings is 1. The van der Waals surface area contributed by atoms with E-state index in [0.717, 1.165) is 16.6 Å². The van der Waals surface area contributed by atoms with Gasteiger partial charge in [-0.2, -0.15) is 0 Å². The van der Waals surface area contributed by atoms with Gasteiger partial charge in [0.2, 0.25) is 5.88 Å². The number of nitrogens with zero attached hydrogens (tertiary/aromatic N) is 1. The average Bonchev–Trinajstić information content (AvgIpc) is 2.18. The van der Waals surface area contributed by atoms with E-state index in [0.29, 0.717) is 5.88 Å². The number of fused-ring (bicyclic) bond motifs is 1. The van der Waals surface area contributed by atoms with Crippen LogP contribution >= 0.6 is 0 Å². The fraction of sp³-hybridized carbons (Fsp3) is 0.100. The highest BCUT2D eigenvalue weighted by molar-refractivity contribution is 5.90. The summed E-state index contributed by atoms with van der Waals surface area (Å²) in [6, 6.07) is 9.37. The molecule has 0 saturated heterocycles. The zero-order valence-electron chi connectivity index (χ0n) is 7.32. The number of nitrogen functional groups attached to an aromatic ring is 1. The Balaban J connectivity index is 2.72. The Morgan fingerprint density at radius 1 is 1.23 bits per heavy atom. The molecule has 0 bridgehead atoms. The minimum Gasteiger partial charge on any atom is -0.481 e. The molecule has 2 rings (SSSR count). The maximum Gasteiger partial charge on any atom is 0.213 e. The van der Waals surface area contributed by atoms with Crippen molar-refractivity contribution in [1.82, 2.24) is 4.98 Å². The molecule has 0 aliphatic heterocycles. The zero-order chi connectivity index (χ0) is 9.26. The molecule has 1 aromatic carbocycles. The molecule has 1 heterocycles. The molecular weight excluding hydrogens is 164 g/mol. The van der Waals surface area contributed by atoms with Crippen LogP contribution in [0.3, 0.4) is 0 Å². The summed E-state index contributed by atoms with van der Waals surface area (Å²) in [5, 5.41) is 0.961. The van der Waals surface area contributed by atoms with Gasteiger partial charge in [-0.3, -0.25) is 0 Å². The predicted molar refractivity (Wildman–Crippen MR) is 52.7 cm³/mol. The number of rotatable bonds is 1. The molecule has 3 heteroatoms. The first-order chi connectivity index (χ1) is 6.31. The Morgan fingerprint density at radius 3 is 2.85 bits per heavy atom. The van der Waals surface area contributed by atoms with Gasteiger partial charge in [-0.25, -0.2) is 4.98 Å². The van der Waals surface area contributed by atoms with Crippen LogP contribution in [-0.2, 0) is 0 Å². The maximum atomic E-state index is 5.77. The topological polar surface area (TPSA) is 48.1 Å². The minimum atomic E-state index is 0.609. The molecule has 0 unspecified atom stereocenters. The number of hydrogen-bond donors (Lipinski definition) is 1. The average molecular weight is 174 g/mol. The summed E-state index contributed by atoms with van der Waals surface area (Å²) in [5.74, 6) is 0.609. The molecule has 1 aromatic heterocycles. The molecule has 3 nitrogen and oxygen atoms in total. The second-order valence-electron chi connectivity index (χ2n) is 2.77. The normalized spacial score (nSPS) is 10.2. The van der Waals surface area contributed by atoms with E-state index in [-0.39, 0.29) is 0 Å². The van der Waals surface area contributed by atoms with Crippen molar-refractivity contribution in [2.45, 2.75) is 0 Å². The van der Waals surface area contributed by atoms with Crippen molar-refractivity contribution in [2.75, 3.05) is 12.8 Å². The molecule has 0 aliphatic rings. The smallest absolute Gasteiger partial charge is 0.213 e. The van der Waals surface area contributed by atoms with Crippen molar-refractivity contribution in [3.63, 3.8) is 0 Å². The van der Waals surface area contributed by atoms with Crippen molar-refractivity contribution in [2.24, 2.45) is 0 Å². The minimum absolute atomic E-state index is 0.609. The van der Waals surface area contributed by atoms with E-state index in [9.17, 15) is 0 Å². The third kappa shape index (κ3) is 1.28. The summed E-state index contributed by atoms with van der Waals surface area (Å²) in [5.41, 5.74) is 7.37. The first-order valence-electron chi connectivity index (χ1n) is 4.00. The highest BCUT2D eigenvalue weighted by atomic mass is 16.5. The largest absolute Gasteiger partial charge is 0.481 e. The van der Waals surface area contributed by atoms with E-state index < -0.39 is 0 Å². The summed E-state index contributed by atoms with van der Waals surface area (Å²) >= 11 is 0. The van der Waals surface area contributed by atoms with Crippen LogP contribution in [-0.4, -0.2) is 12.1 Å². The Hall–Kier alpha value is -1.77. The van der Waals surface area contributed by atoms with E-state index in [2.05, 4.69) is 4.98 Å². The molecule has 66 valence electrons. The number of methoxy groups -OCH3 is 1. The first-order valence-corrected chi connectivity index (χ1v) is 4.00. The van der Waals surface area contributed by atoms with Gasteiger partial charge in [-0.15, -0.1) is 0 Å². The van der Waals surface area contributed by atoms with E-state index in [1.807, 2.05) is 24.3 Å². The van der Waals surface area contributed by atoms with Gasteiger partial charge < -0.3 is 10.5 Å². The monoisotopic (exact) mass is 174 g/mol. The van der Waals surface area contributed by atoms with Crippen LogP contribution in [0.4, 0.5) is 5.69 Å². The van der Waals surface area contributed by atoms with Crippen LogP contribution in [0.25, 0.3) is 10.9 Å². The Kier molecular flexibility index (Phi) is 1.77. The van der Waals surface area contributed by atoms with Gasteiger partial charge in [0.15, 0.2) is 0 Å². The highest BCUT2D eigenvalue weighted by Gasteiger charge is 1.99. The third-order valence-electron chi connectivity index (χ3n) is 1.95. The lowest BCUT2D eigenvalue weighted by Gasteiger charge is -2.02. The fourth-order valence-corrected chi connectivity index (χ4v) is 1.27. The van der Waals surface area contributed by atoms with E-state index in [1.165, 1.54) is 0 Å². The quantitative estimate of drug-likeness (QED) is 0.671. The van der Waals surface area contributed by atoms with Gasteiger partial charge in [-0.05, 0) is 18.2 Å². The highest BCUT2D eigenvalue weighted by Crippen LogP contribution is 2.21. The summed E-state index contributed by atoms with van der Waals surface area (Å²) in [7, 11) is 1.60. The first kappa shape index (κ1) is 7.86. The lowest BCUT2D eigenvalue weighted by molar-refractivity contribution is 0.399. The van der Waals surface area contributed by atoms with Crippen LogP contribution in [0, 0.1) is 0 Å². The molecule has 0 saturated carbocycles. The van der Waals surface area contributed by atoms with Crippen molar-refractivity contribution >= 4 is 16.6 Å². The number of nitrogens with two attached hydrogens (primary N) is 1. The van der Waals surface area contributed by atoms with Crippen LogP contribution in [0.15, 0.2) is 30.3 Å². The van der Waals surface area contributed by atoms with Crippen molar-refractivity contribution in [3.8, 4) is 5.88 Å². The lowest BCUT2D eigenvalue weighted by atomic mass is 10.2. The Labute approximate surface area is 76.2 Å². The van der Waals surface area contributed by atoms with Crippen LogP contribution in [0.5, 0.6) is 5.88 Å². The van der Waals surface area contributed by atoms with Gasteiger partial charge in [-0.1, -0.05) is 6.07 Å². The number of hydrogen-bond acceptors (Lipinski definition) is 3. The Morgan fingerprint density at radius 2 is 2.08 bits per heavy atom. The molecule has 0 spiro atoms. The maximum absolute atomic E-state index is 5.77. The number of anilines is 1. The molecule has 0 amide bonds. The predicted octanol–water partition coefficient (Wildman–Crippen LogP) is 1.83. The van der Waals surface area contributed by atoms with Gasteiger partial charge in [0, 0.05) is 17.1 Å². The SMILES string of the molecule is COc1ccc2c(N)cccc2n1. The van der Waals surface area contributed by atoms with E-state index in [4.69, 9.17) is 10.5 Å². The lowest BCUT2D eigenvalue weighted by Crippen LogP contribution is -1.90. The van der Waals surface area contributed by atoms with Crippen molar-refractivity contribution in [3.05, 3.63) is 30.3 Å². The second-order valence-corrected chi connectivity index (χ2v) is 2.77. The third-order valence-corrected chi connectivity index (χ3v) is 1.95. The van der Waals surface area contributed by atoms with Gasteiger partial charge in [0.25, 0.3) is 0 Å². The summed E-state index contributed by atoms with van der Waals surface area (Å²) in [4.78, 5) is 4.25. The summed E-state index contributed by atoms with van der Waals surface area (Å²) < 4.78 is 5.01. The number of aromatic nitrogens is 1. The molecule has 2 N–H and O–H groups in total. The Bertz CT molecular complexity index is 440. The van der Waals surface area contributed by atoms with Crippen LogP contribution in [0.2, 0.25) is 0 Å². The molecule has 0 atom stereocenters. The standard InChI is InChI=1S/C10H10N2O/c1-13-10-6-5-7-8(11)3-2-4-9(7)12-10/h2-6H,11H2,1H3. The molecule has 13 heavy (non-hydrogen) atoms. The molecule has 0 aliphatic carbocycles. The van der Waals surface area contributed by atoms with Crippen LogP contribution < -0.4 is 10.5 Å².